The summed E-state index contributed by atoms with van der Waals surface area (Å²) in [6.45, 7) is 6.29. The molecule has 0 radical (unpaired) electrons. The van der Waals surface area contributed by atoms with Gasteiger partial charge in [0.25, 0.3) is 0 Å². The number of ether oxygens (including phenoxy) is 2. The third kappa shape index (κ3) is 6.42. The summed E-state index contributed by atoms with van der Waals surface area (Å²) in [6, 6.07) is 13.9. The second-order valence-corrected chi connectivity index (χ2v) is 11.7. The van der Waals surface area contributed by atoms with Crippen LogP contribution in [-0.4, -0.2) is 71.9 Å². The number of aryl methyl sites for hydroxylation is 1. The molecule has 10 heteroatoms. The molecule has 0 spiro atoms. The van der Waals surface area contributed by atoms with Gasteiger partial charge < -0.3 is 25.2 Å². The zero-order valence-electron chi connectivity index (χ0n) is 23.1. The SMILES string of the molecule is Nc1nc2c(c(N3CCN(CCOC[C@H]4C[C@H](C(=O)O)C4)CC3)n1)CCc1cc(OCc3ccc(Cl)cc3)ccc1-2. The van der Waals surface area contributed by atoms with Gasteiger partial charge in [-0.15, -0.1) is 0 Å². The lowest BCUT2D eigenvalue weighted by Gasteiger charge is -2.37. The van der Waals surface area contributed by atoms with Crippen molar-refractivity contribution in [3.63, 3.8) is 0 Å². The molecule has 0 amide bonds. The highest BCUT2D eigenvalue weighted by Gasteiger charge is 2.34. The fraction of sp³-hybridized carbons (Fsp3) is 0.452. The van der Waals surface area contributed by atoms with Gasteiger partial charge in [-0.1, -0.05) is 23.7 Å². The number of aliphatic carboxylic acids is 1. The highest BCUT2D eigenvalue weighted by Crippen LogP contribution is 2.39. The number of carboxylic acid groups (broad SMARTS) is 1. The van der Waals surface area contributed by atoms with Crippen molar-refractivity contribution in [3.8, 4) is 17.0 Å². The first-order chi connectivity index (χ1) is 19.9. The van der Waals surface area contributed by atoms with Crippen molar-refractivity contribution >= 4 is 29.3 Å². The molecule has 2 fully saturated rings. The van der Waals surface area contributed by atoms with Gasteiger partial charge in [-0.3, -0.25) is 9.69 Å². The number of carbonyl (C=O) groups is 1. The molecule has 1 aromatic heterocycles. The molecule has 0 atom stereocenters. The Morgan fingerprint density at radius 1 is 1.05 bits per heavy atom. The van der Waals surface area contributed by atoms with Crippen LogP contribution in [-0.2, 0) is 29.0 Å². The minimum atomic E-state index is -0.681. The van der Waals surface area contributed by atoms with E-state index in [1.54, 1.807) is 0 Å². The fourth-order valence-corrected chi connectivity index (χ4v) is 6.13. The van der Waals surface area contributed by atoms with Crippen molar-refractivity contribution in [3.05, 3.63) is 64.2 Å². The van der Waals surface area contributed by atoms with Crippen molar-refractivity contribution in [1.29, 1.82) is 0 Å². The van der Waals surface area contributed by atoms with Crippen LogP contribution in [0.1, 0.15) is 29.5 Å². The summed E-state index contributed by atoms with van der Waals surface area (Å²) in [4.78, 5) is 25.1. The molecule has 41 heavy (non-hydrogen) atoms. The molecule has 2 aliphatic carbocycles. The number of aromatic nitrogens is 2. The number of anilines is 2. The molecule has 0 unspecified atom stereocenters. The Hall–Kier alpha value is -3.40. The summed E-state index contributed by atoms with van der Waals surface area (Å²) in [7, 11) is 0. The Balaban J connectivity index is 1.04. The average Bonchev–Trinajstić information content (AvgIpc) is 2.95. The van der Waals surface area contributed by atoms with Crippen LogP contribution in [0.25, 0.3) is 11.3 Å². The van der Waals surface area contributed by atoms with Crippen molar-refractivity contribution in [1.82, 2.24) is 14.9 Å². The van der Waals surface area contributed by atoms with Crippen LogP contribution >= 0.6 is 11.6 Å². The van der Waals surface area contributed by atoms with E-state index in [2.05, 4.69) is 26.9 Å². The first kappa shape index (κ1) is 27.8. The molecular weight excluding hydrogens is 542 g/mol. The summed E-state index contributed by atoms with van der Waals surface area (Å²) in [5.41, 5.74) is 11.7. The molecule has 2 heterocycles. The van der Waals surface area contributed by atoms with E-state index < -0.39 is 5.97 Å². The van der Waals surface area contributed by atoms with Crippen LogP contribution in [0.5, 0.6) is 5.75 Å². The first-order valence-electron chi connectivity index (χ1n) is 14.4. The lowest BCUT2D eigenvalue weighted by Crippen LogP contribution is -2.48. The minimum absolute atomic E-state index is 0.177. The summed E-state index contributed by atoms with van der Waals surface area (Å²) in [5, 5.41) is 9.73. The number of nitrogens with two attached hydrogens (primary N) is 1. The van der Waals surface area contributed by atoms with Gasteiger partial charge in [-0.2, -0.15) is 4.98 Å². The van der Waals surface area contributed by atoms with Crippen LogP contribution in [0.4, 0.5) is 11.8 Å². The largest absolute Gasteiger partial charge is 0.489 e. The molecule has 3 N–H and O–H groups in total. The van der Waals surface area contributed by atoms with Crippen molar-refractivity contribution in [2.75, 3.05) is 56.6 Å². The number of piperazine rings is 1. The molecule has 1 aliphatic heterocycles. The molecule has 216 valence electrons. The number of benzene rings is 2. The Morgan fingerprint density at radius 3 is 2.59 bits per heavy atom. The molecule has 1 saturated heterocycles. The molecule has 2 aromatic carbocycles. The van der Waals surface area contributed by atoms with Crippen LogP contribution in [0.3, 0.4) is 0 Å². The third-order valence-electron chi connectivity index (χ3n) is 8.46. The standard InChI is InChI=1S/C31H36ClN5O4/c32-24-4-1-20(2-5-24)19-41-25-6-8-26-22(17-25)3-7-27-28(26)34-31(33)35-29(27)37-11-9-36(10-12-37)13-14-40-18-21-15-23(16-21)30(38)39/h1-2,4-6,8,17,21,23H,3,7,9-16,18-19H2,(H,38,39)(H2,33,34,35)/t21-,23-. The van der Waals surface area contributed by atoms with Crippen LogP contribution in [0.2, 0.25) is 5.02 Å². The van der Waals surface area contributed by atoms with Gasteiger partial charge in [0, 0.05) is 55.5 Å². The predicted octanol–water partition coefficient (Wildman–Crippen LogP) is 4.31. The number of fused-ring (bicyclic) bond motifs is 3. The number of nitrogens with zero attached hydrogens (tertiary/aromatic N) is 4. The van der Waals surface area contributed by atoms with Gasteiger partial charge in [0.1, 0.15) is 18.2 Å². The Kier molecular flexibility index (Phi) is 8.27. The maximum atomic E-state index is 11.0. The quantitative estimate of drug-likeness (QED) is 0.340. The predicted molar refractivity (Wildman–Crippen MR) is 158 cm³/mol. The van der Waals surface area contributed by atoms with Crippen LogP contribution < -0.4 is 15.4 Å². The monoisotopic (exact) mass is 577 g/mol. The number of rotatable bonds is 10. The van der Waals surface area contributed by atoms with Gasteiger partial charge in [0.15, 0.2) is 0 Å². The fourth-order valence-electron chi connectivity index (χ4n) is 6.01. The molecule has 1 saturated carbocycles. The van der Waals surface area contributed by atoms with E-state index in [-0.39, 0.29) is 5.92 Å². The van der Waals surface area contributed by atoms with Crippen LogP contribution in [0, 0.1) is 11.8 Å². The highest BCUT2D eigenvalue weighted by molar-refractivity contribution is 6.30. The molecule has 3 aromatic rings. The third-order valence-corrected chi connectivity index (χ3v) is 8.71. The molecule has 3 aliphatic rings. The van der Waals surface area contributed by atoms with E-state index in [9.17, 15) is 4.79 Å². The van der Waals surface area contributed by atoms with Crippen molar-refractivity contribution < 1.29 is 19.4 Å². The zero-order chi connectivity index (χ0) is 28.3. The lowest BCUT2D eigenvalue weighted by molar-refractivity contribution is -0.147. The van der Waals surface area contributed by atoms with E-state index in [4.69, 9.17) is 36.9 Å². The number of nitrogen functional groups attached to an aromatic ring is 1. The molecule has 9 nitrogen and oxygen atoms in total. The maximum Gasteiger partial charge on any atom is 0.306 e. The summed E-state index contributed by atoms with van der Waals surface area (Å²) >= 11 is 5.99. The number of hydrogen-bond donors (Lipinski definition) is 2. The van der Waals surface area contributed by atoms with Gasteiger partial charge >= 0.3 is 5.97 Å². The van der Waals surface area contributed by atoms with Crippen molar-refractivity contribution in [2.24, 2.45) is 11.8 Å². The van der Waals surface area contributed by atoms with E-state index in [0.29, 0.717) is 36.7 Å². The summed E-state index contributed by atoms with van der Waals surface area (Å²) in [5.74, 6) is 1.62. The summed E-state index contributed by atoms with van der Waals surface area (Å²) in [6.07, 6.45) is 3.23. The van der Waals surface area contributed by atoms with Gasteiger partial charge in [0.05, 0.1) is 18.2 Å². The Morgan fingerprint density at radius 2 is 1.83 bits per heavy atom. The highest BCUT2D eigenvalue weighted by atomic mass is 35.5. The molecule has 0 bridgehead atoms. The molecular formula is C31H36ClN5O4. The Labute approximate surface area is 245 Å². The summed E-state index contributed by atoms with van der Waals surface area (Å²) < 4.78 is 11.9. The Bertz CT molecular complexity index is 1390. The van der Waals surface area contributed by atoms with E-state index in [1.807, 2.05) is 30.3 Å². The van der Waals surface area contributed by atoms with Crippen molar-refractivity contribution in [2.45, 2.75) is 32.3 Å². The normalized spacial score (nSPS) is 20.2. The van der Waals surface area contributed by atoms with Gasteiger partial charge in [-0.25, -0.2) is 4.98 Å². The smallest absolute Gasteiger partial charge is 0.306 e. The first-order valence-corrected chi connectivity index (χ1v) is 14.8. The second kappa shape index (κ2) is 12.2. The number of hydrogen-bond acceptors (Lipinski definition) is 8. The second-order valence-electron chi connectivity index (χ2n) is 11.2. The zero-order valence-corrected chi connectivity index (χ0v) is 23.9. The lowest BCUT2D eigenvalue weighted by atomic mass is 9.75. The molecule has 6 rings (SSSR count). The van der Waals surface area contributed by atoms with E-state index in [1.165, 1.54) is 11.1 Å². The van der Waals surface area contributed by atoms with Gasteiger partial charge in [0.2, 0.25) is 5.95 Å². The van der Waals surface area contributed by atoms with E-state index in [0.717, 1.165) is 86.8 Å². The number of halogens is 1. The van der Waals surface area contributed by atoms with Gasteiger partial charge in [-0.05, 0) is 73.1 Å². The van der Waals surface area contributed by atoms with E-state index >= 15 is 0 Å². The maximum absolute atomic E-state index is 11.0. The average molecular weight is 578 g/mol. The minimum Gasteiger partial charge on any atom is -0.489 e. The number of carboxylic acids is 1. The van der Waals surface area contributed by atoms with Crippen LogP contribution in [0.15, 0.2) is 42.5 Å². The topological polar surface area (TPSA) is 114 Å².